The molecule has 1 aromatic rings. The van der Waals surface area contributed by atoms with Crippen LogP contribution in [-0.4, -0.2) is 25.7 Å². The summed E-state index contributed by atoms with van der Waals surface area (Å²) < 4.78 is 9.56. The van der Waals surface area contributed by atoms with Gasteiger partial charge >= 0.3 is 12.1 Å². The van der Waals surface area contributed by atoms with Crippen LogP contribution < -0.4 is 11.1 Å². The van der Waals surface area contributed by atoms with E-state index in [9.17, 15) is 9.59 Å². The molecule has 0 saturated carbocycles. The van der Waals surface area contributed by atoms with Crippen LogP contribution in [0.15, 0.2) is 42.1 Å². The number of nitrogens with two attached hydrogens (primary N) is 1. The molecule has 1 amide bonds. The number of ether oxygens (including phenoxy) is 2. The molecule has 0 fully saturated rings. The first-order chi connectivity index (χ1) is 9.67. The van der Waals surface area contributed by atoms with E-state index in [-0.39, 0.29) is 12.3 Å². The zero-order valence-electron chi connectivity index (χ0n) is 11.3. The van der Waals surface area contributed by atoms with Gasteiger partial charge in [-0.15, -0.1) is 0 Å². The van der Waals surface area contributed by atoms with E-state index in [4.69, 9.17) is 10.5 Å². The third-order valence-electron chi connectivity index (χ3n) is 2.37. The van der Waals surface area contributed by atoms with Crippen molar-refractivity contribution in [1.29, 1.82) is 0 Å². The lowest BCUT2D eigenvalue weighted by atomic mass is 10.2. The average molecular weight is 278 g/mol. The fourth-order valence-corrected chi connectivity index (χ4v) is 1.39. The lowest BCUT2D eigenvalue weighted by molar-refractivity contribution is -0.136. The first-order valence-corrected chi connectivity index (χ1v) is 6.13. The Kier molecular flexibility index (Phi) is 6.84. The smallest absolute Gasteiger partial charge is 0.412 e. The zero-order chi connectivity index (χ0) is 14.8. The van der Waals surface area contributed by atoms with Gasteiger partial charge in [0.05, 0.1) is 7.11 Å². The molecular formula is C14H18N2O4. The normalized spacial score (nSPS) is 10.8. The third-order valence-corrected chi connectivity index (χ3v) is 2.37. The molecule has 108 valence electrons. The van der Waals surface area contributed by atoms with E-state index in [1.807, 2.05) is 30.3 Å². The molecule has 0 aromatic heterocycles. The highest BCUT2D eigenvalue weighted by Gasteiger charge is 2.13. The fraction of sp³-hybridized carbons (Fsp3) is 0.286. The van der Waals surface area contributed by atoms with Crippen molar-refractivity contribution in [2.45, 2.75) is 13.0 Å². The van der Waals surface area contributed by atoms with Crippen molar-refractivity contribution in [3.05, 3.63) is 47.7 Å². The minimum Gasteiger partial charge on any atom is -0.464 e. The van der Waals surface area contributed by atoms with Gasteiger partial charge in [0.15, 0.2) is 0 Å². The highest BCUT2D eigenvalue weighted by molar-refractivity contribution is 5.92. The summed E-state index contributed by atoms with van der Waals surface area (Å²) in [5.74, 6) is -0.643. The molecule has 0 bridgehead atoms. The summed E-state index contributed by atoms with van der Waals surface area (Å²) in [7, 11) is 1.23. The molecule has 0 saturated heterocycles. The number of hydrogen-bond donors (Lipinski definition) is 2. The topological polar surface area (TPSA) is 90.6 Å². The van der Waals surface area contributed by atoms with E-state index in [0.29, 0.717) is 13.0 Å². The summed E-state index contributed by atoms with van der Waals surface area (Å²) in [4.78, 5) is 23.0. The van der Waals surface area contributed by atoms with Gasteiger partial charge in [-0.3, -0.25) is 5.32 Å². The van der Waals surface area contributed by atoms with Crippen LogP contribution in [0.3, 0.4) is 0 Å². The molecule has 0 atom stereocenters. The molecule has 0 aliphatic rings. The Balaban J connectivity index is 2.52. The van der Waals surface area contributed by atoms with Crippen LogP contribution in [-0.2, 0) is 20.9 Å². The van der Waals surface area contributed by atoms with Gasteiger partial charge < -0.3 is 15.2 Å². The largest absolute Gasteiger partial charge is 0.464 e. The Morgan fingerprint density at radius 1 is 1.30 bits per heavy atom. The first kappa shape index (κ1) is 15.7. The second kappa shape index (κ2) is 8.71. The number of nitrogens with one attached hydrogen (secondary N) is 1. The number of amides is 1. The van der Waals surface area contributed by atoms with Crippen LogP contribution in [0.5, 0.6) is 0 Å². The van der Waals surface area contributed by atoms with Gasteiger partial charge in [0.1, 0.15) is 12.3 Å². The molecule has 0 aliphatic carbocycles. The number of carbonyl (C=O) groups excluding carboxylic acids is 2. The van der Waals surface area contributed by atoms with Gasteiger partial charge in [0.25, 0.3) is 0 Å². The number of hydrogen-bond acceptors (Lipinski definition) is 5. The molecule has 6 heteroatoms. The van der Waals surface area contributed by atoms with Crippen molar-refractivity contribution in [2.75, 3.05) is 13.7 Å². The van der Waals surface area contributed by atoms with Crippen molar-refractivity contribution < 1.29 is 19.1 Å². The van der Waals surface area contributed by atoms with Crippen molar-refractivity contribution in [1.82, 2.24) is 5.32 Å². The minimum absolute atomic E-state index is 0.0241. The maximum absolute atomic E-state index is 11.6. The monoisotopic (exact) mass is 278 g/mol. The van der Waals surface area contributed by atoms with Gasteiger partial charge in [-0.25, -0.2) is 9.59 Å². The summed E-state index contributed by atoms with van der Waals surface area (Å²) in [5, 5.41) is 2.34. The SMILES string of the molecule is COC(=O)/C(=C/CCN)NC(=O)OCc1ccccc1. The van der Waals surface area contributed by atoms with Crippen molar-refractivity contribution in [3.8, 4) is 0 Å². The standard InChI is InChI=1S/C14H18N2O4/c1-19-13(17)12(8-5-9-15)16-14(18)20-10-11-6-3-2-4-7-11/h2-4,6-8H,5,9-10,15H2,1H3,(H,16,18)/b12-8-. The molecule has 0 radical (unpaired) electrons. The molecule has 6 nitrogen and oxygen atoms in total. The molecule has 20 heavy (non-hydrogen) atoms. The number of rotatable bonds is 6. The van der Waals surface area contributed by atoms with E-state index < -0.39 is 12.1 Å². The maximum Gasteiger partial charge on any atom is 0.412 e. The lowest BCUT2D eigenvalue weighted by Gasteiger charge is -2.09. The number of benzene rings is 1. The number of carbonyl (C=O) groups is 2. The van der Waals surface area contributed by atoms with E-state index >= 15 is 0 Å². The van der Waals surface area contributed by atoms with Gasteiger partial charge in [-0.2, -0.15) is 0 Å². The summed E-state index contributed by atoms with van der Waals surface area (Å²) in [6.45, 7) is 0.485. The second-order valence-electron chi connectivity index (χ2n) is 3.87. The van der Waals surface area contributed by atoms with Gasteiger partial charge in [-0.05, 0) is 18.5 Å². The average Bonchev–Trinajstić information content (AvgIpc) is 2.49. The van der Waals surface area contributed by atoms with Crippen molar-refractivity contribution in [3.63, 3.8) is 0 Å². The van der Waals surface area contributed by atoms with E-state index in [1.165, 1.54) is 13.2 Å². The predicted octanol–water partition coefficient (Wildman–Crippen LogP) is 1.32. The Labute approximate surface area is 117 Å². The fourth-order valence-electron chi connectivity index (χ4n) is 1.39. The van der Waals surface area contributed by atoms with Crippen LogP contribution in [0, 0.1) is 0 Å². The Morgan fingerprint density at radius 2 is 2.00 bits per heavy atom. The highest BCUT2D eigenvalue weighted by atomic mass is 16.6. The zero-order valence-corrected chi connectivity index (χ0v) is 11.3. The Morgan fingerprint density at radius 3 is 2.60 bits per heavy atom. The number of methoxy groups -OCH3 is 1. The predicted molar refractivity (Wildman–Crippen MR) is 73.5 cm³/mol. The summed E-state index contributed by atoms with van der Waals surface area (Å²) >= 11 is 0. The molecule has 1 aromatic carbocycles. The Hall–Kier alpha value is -2.34. The summed E-state index contributed by atoms with van der Waals surface area (Å²) in [5.41, 5.74) is 6.22. The van der Waals surface area contributed by atoms with Crippen LogP contribution >= 0.6 is 0 Å². The maximum atomic E-state index is 11.6. The van der Waals surface area contributed by atoms with Crippen molar-refractivity contribution >= 4 is 12.1 Å². The number of alkyl carbamates (subject to hydrolysis) is 1. The first-order valence-electron chi connectivity index (χ1n) is 6.13. The molecule has 0 spiro atoms. The lowest BCUT2D eigenvalue weighted by Crippen LogP contribution is -2.28. The molecular weight excluding hydrogens is 260 g/mol. The van der Waals surface area contributed by atoms with E-state index in [2.05, 4.69) is 10.1 Å². The summed E-state index contributed by atoms with van der Waals surface area (Å²) in [6.07, 6.45) is 1.22. The van der Waals surface area contributed by atoms with Gasteiger partial charge in [-0.1, -0.05) is 36.4 Å². The molecule has 0 unspecified atom stereocenters. The quantitative estimate of drug-likeness (QED) is 0.605. The molecule has 3 N–H and O–H groups in total. The molecule has 0 aliphatic heterocycles. The van der Waals surface area contributed by atoms with Gasteiger partial charge in [0, 0.05) is 0 Å². The minimum atomic E-state index is -0.720. The second-order valence-corrected chi connectivity index (χ2v) is 3.87. The molecule has 1 rings (SSSR count). The van der Waals surface area contributed by atoms with Crippen LogP contribution in [0.4, 0.5) is 4.79 Å². The summed E-state index contributed by atoms with van der Waals surface area (Å²) in [6, 6.07) is 9.22. The van der Waals surface area contributed by atoms with E-state index in [0.717, 1.165) is 5.56 Å². The van der Waals surface area contributed by atoms with Crippen LogP contribution in [0.25, 0.3) is 0 Å². The van der Waals surface area contributed by atoms with Crippen LogP contribution in [0.2, 0.25) is 0 Å². The van der Waals surface area contributed by atoms with Crippen molar-refractivity contribution in [2.24, 2.45) is 5.73 Å². The third kappa shape index (κ3) is 5.53. The number of esters is 1. The molecule has 0 heterocycles. The van der Waals surface area contributed by atoms with Gasteiger partial charge in [0.2, 0.25) is 0 Å². The van der Waals surface area contributed by atoms with Crippen LogP contribution in [0.1, 0.15) is 12.0 Å². The van der Waals surface area contributed by atoms with E-state index in [1.54, 1.807) is 0 Å². The Bertz CT molecular complexity index is 471. The highest BCUT2D eigenvalue weighted by Crippen LogP contribution is 2.02.